The molecule has 0 fully saturated rings. The van der Waals surface area contributed by atoms with Gasteiger partial charge in [0, 0.05) is 19.4 Å². The van der Waals surface area contributed by atoms with Crippen molar-refractivity contribution in [2.45, 2.75) is 13.0 Å². The van der Waals surface area contributed by atoms with E-state index in [1.807, 2.05) is 13.2 Å². The Morgan fingerprint density at radius 3 is 2.20 bits per heavy atom. The fourth-order valence-corrected chi connectivity index (χ4v) is 0.780. The Hall–Kier alpha value is -0.960. The molecule has 15 heavy (non-hydrogen) atoms. The van der Waals surface area contributed by atoms with Gasteiger partial charge in [-0.1, -0.05) is 0 Å². The average Bonchev–Trinajstić information content (AvgIpc) is 2.51. The number of hydrogen-bond acceptors (Lipinski definition) is 5. The van der Waals surface area contributed by atoms with Crippen molar-refractivity contribution in [1.29, 1.82) is 0 Å². The first-order valence-electron chi connectivity index (χ1n) is 3.96. The summed E-state index contributed by atoms with van der Waals surface area (Å²) in [5.74, 6) is 0.704. The summed E-state index contributed by atoms with van der Waals surface area (Å²) in [5.41, 5.74) is 0. The molecule has 88 valence electrons. The first-order chi connectivity index (χ1) is 6.78. The first kappa shape index (κ1) is 14.0. The quantitative estimate of drug-likeness (QED) is 0.698. The molecule has 0 aromatic carbocycles. The molecule has 0 aliphatic rings. The number of aliphatic hydroxyl groups is 1. The van der Waals surface area contributed by atoms with Crippen molar-refractivity contribution in [3.8, 4) is 0 Å². The van der Waals surface area contributed by atoms with E-state index in [0.717, 1.165) is 7.11 Å². The van der Waals surface area contributed by atoms with Crippen molar-refractivity contribution in [1.82, 2.24) is 9.55 Å². The Labute approximate surface area is 88.3 Å². The molecule has 1 rings (SSSR count). The van der Waals surface area contributed by atoms with Gasteiger partial charge in [0.05, 0.1) is 7.11 Å². The monoisotopic (exact) mass is 238 g/mol. The van der Waals surface area contributed by atoms with Crippen LogP contribution in [0, 0.1) is 0 Å². The van der Waals surface area contributed by atoms with E-state index in [9.17, 15) is 8.42 Å². The largest absolute Gasteiger partial charge is 0.397 e. The topological polar surface area (TPSA) is 102 Å². The van der Waals surface area contributed by atoms with Crippen molar-refractivity contribution in [3.05, 3.63) is 18.2 Å². The van der Waals surface area contributed by atoms with Gasteiger partial charge in [-0.3, -0.25) is 8.74 Å². The number of imidazole rings is 1. The summed E-state index contributed by atoms with van der Waals surface area (Å²) in [5, 5.41) is 9.01. The lowest BCUT2D eigenvalue weighted by Crippen LogP contribution is -2.00. The summed E-state index contributed by atoms with van der Waals surface area (Å²) in [6.45, 7) is 1.70. The number of nitrogens with zero attached hydrogens (tertiary/aromatic N) is 2. The number of rotatable bonds is 2. The van der Waals surface area contributed by atoms with Crippen LogP contribution in [0.25, 0.3) is 0 Å². The van der Waals surface area contributed by atoms with Crippen molar-refractivity contribution < 1.29 is 22.3 Å². The van der Waals surface area contributed by atoms with Crippen LogP contribution in [0.1, 0.15) is 18.9 Å². The summed E-state index contributed by atoms with van der Waals surface area (Å²) >= 11 is 0. The summed E-state index contributed by atoms with van der Waals surface area (Å²) in [4.78, 5) is 3.93. The summed E-state index contributed by atoms with van der Waals surface area (Å²) in [7, 11) is -1.44. The van der Waals surface area contributed by atoms with Crippen LogP contribution in [0.15, 0.2) is 12.4 Å². The second kappa shape index (κ2) is 5.81. The minimum Gasteiger partial charge on any atom is -0.385 e. The fourth-order valence-electron chi connectivity index (χ4n) is 0.780. The molecular formula is C7H14N2O5S. The molecule has 0 radical (unpaired) electrons. The summed E-state index contributed by atoms with van der Waals surface area (Å²) in [6.07, 6.45) is 3.01. The van der Waals surface area contributed by atoms with E-state index in [-0.39, 0.29) is 0 Å². The third-order valence-electron chi connectivity index (χ3n) is 1.44. The van der Waals surface area contributed by atoms with Crippen LogP contribution in [0.4, 0.5) is 0 Å². The molecule has 0 aliphatic heterocycles. The maximum Gasteiger partial charge on any atom is 0.397 e. The van der Waals surface area contributed by atoms with Crippen LogP contribution >= 0.6 is 0 Å². The zero-order valence-electron chi connectivity index (χ0n) is 8.65. The van der Waals surface area contributed by atoms with Gasteiger partial charge in [0.25, 0.3) is 0 Å². The Kier molecular flexibility index (Phi) is 5.44. The van der Waals surface area contributed by atoms with Crippen LogP contribution in [0.2, 0.25) is 0 Å². The smallest absolute Gasteiger partial charge is 0.385 e. The predicted octanol–water partition coefficient (Wildman–Crippen LogP) is -0.0910. The van der Waals surface area contributed by atoms with E-state index in [1.54, 1.807) is 17.7 Å². The molecule has 0 bridgehead atoms. The van der Waals surface area contributed by atoms with Crippen molar-refractivity contribution >= 4 is 10.4 Å². The highest BCUT2D eigenvalue weighted by molar-refractivity contribution is 7.80. The minimum atomic E-state index is -4.16. The van der Waals surface area contributed by atoms with Gasteiger partial charge >= 0.3 is 10.4 Å². The van der Waals surface area contributed by atoms with E-state index in [1.165, 1.54) is 0 Å². The zero-order chi connectivity index (χ0) is 12.1. The van der Waals surface area contributed by atoms with Crippen molar-refractivity contribution in [2.75, 3.05) is 7.11 Å². The van der Waals surface area contributed by atoms with Crippen molar-refractivity contribution in [2.24, 2.45) is 7.05 Å². The Bertz CT molecular complexity index is 384. The second-order valence-electron chi connectivity index (χ2n) is 2.67. The van der Waals surface area contributed by atoms with Crippen LogP contribution in [-0.4, -0.2) is 34.7 Å². The molecule has 1 atom stereocenters. The Morgan fingerprint density at radius 2 is 2.07 bits per heavy atom. The zero-order valence-corrected chi connectivity index (χ0v) is 9.47. The molecule has 0 spiro atoms. The second-order valence-corrected chi connectivity index (χ2v) is 3.86. The molecule has 8 heteroatoms. The van der Waals surface area contributed by atoms with E-state index in [4.69, 9.17) is 9.66 Å². The summed E-state index contributed by atoms with van der Waals surface area (Å²) < 4.78 is 31.5. The van der Waals surface area contributed by atoms with Crippen LogP contribution in [0.5, 0.6) is 0 Å². The highest BCUT2D eigenvalue weighted by atomic mass is 32.3. The highest BCUT2D eigenvalue weighted by Gasteiger charge is 2.03. The van der Waals surface area contributed by atoms with Crippen molar-refractivity contribution in [3.63, 3.8) is 0 Å². The maximum atomic E-state index is 9.33. The average molecular weight is 238 g/mol. The normalized spacial score (nSPS) is 12.9. The predicted molar refractivity (Wildman–Crippen MR) is 52.4 cm³/mol. The third kappa shape index (κ3) is 6.18. The molecule has 1 aromatic heterocycles. The molecule has 0 aliphatic carbocycles. The molecule has 1 unspecified atom stereocenters. The minimum absolute atomic E-state index is 0.468. The Morgan fingerprint density at radius 1 is 1.60 bits per heavy atom. The van der Waals surface area contributed by atoms with Gasteiger partial charge in [-0.2, -0.15) is 8.42 Å². The van der Waals surface area contributed by atoms with Gasteiger partial charge in [0.2, 0.25) is 0 Å². The van der Waals surface area contributed by atoms with Gasteiger partial charge in [-0.05, 0) is 6.92 Å². The maximum absolute atomic E-state index is 9.33. The van der Waals surface area contributed by atoms with E-state index >= 15 is 0 Å². The molecule has 7 nitrogen and oxygen atoms in total. The molecule has 0 saturated heterocycles. The molecule has 1 aromatic rings. The molecule has 0 saturated carbocycles. The molecular weight excluding hydrogens is 224 g/mol. The lowest BCUT2D eigenvalue weighted by molar-refractivity contribution is 0.185. The van der Waals surface area contributed by atoms with E-state index < -0.39 is 16.5 Å². The van der Waals surface area contributed by atoms with Gasteiger partial charge in [-0.25, -0.2) is 4.98 Å². The van der Waals surface area contributed by atoms with Gasteiger partial charge in [-0.15, -0.1) is 0 Å². The first-order valence-corrected chi connectivity index (χ1v) is 5.32. The van der Waals surface area contributed by atoms with Crippen LogP contribution in [-0.2, 0) is 21.6 Å². The number of aryl methyl sites for hydroxylation is 1. The number of hydrogen-bond donors (Lipinski definition) is 2. The lowest BCUT2D eigenvalue weighted by Gasteiger charge is -2.01. The molecule has 2 N–H and O–H groups in total. The van der Waals surface area contributed by atoms with Gasteiger partial charge in [0.15, 0.2) is 0 Å². The SMILES string of the molecule is CC(O)c1nccn1C.COS(=O)(=O)O. The van der Waals surface area contributed by atoms with Crippen LogP contribution in [0.3, 0.4) is 0 Å². The number of aromatic nitrogens is 2. The Balaban J connectivity index is 0.000000288. The van der Waals surface area contributed by atoms with Crippen LogP contribution < -0.4 is 0 Å². The number of aliphatic hydroxyl groups excluding tert-OH is 1. The molecule has 0 amide bonds. The molecule has 1 heterocycles. The lowest BCUT2D eigenvalue weighted by atomic mass is 10.4. The third-order valence-corrected chi connectivity index (χ3v) is 1.86. The van der Waals surface area contributed by atoms with Gasteiger partial charge < -0.3 is 9.67 Å². The standard InChI is InChI=1S/C6H10N2O.CH4O4S/c1-5(9)6-7-3-4-8(6)2;1-5-6(2,3)4/h3-5,9H,1-2H3;1H3,(H,2,3,4). The van der Waals surface area contributed by atoms with E-state index in [0.29, 0.717) is 5.82 Å². The van der Waals surface area contributed by atoms with E-state index in [2.05, 4.69) is 9.17 Å². The highest BCUT2D eigenvalue weighted by Crippen LogP contribution is 2.05. The summed E-state index contributed by atoms with van der Waals surface area (Å²) in [6, 6.07) is 0. The fraction of sp³-hybridized carbons (Fsp3) is 0.571. The van der Waals surface area contributed by atoms with Gasteiger partial charge in [0.1, 0.15) is 11.9 Å².